The molecular weight excluding hydrogens is 326 g/mol. The highest BCUT2D eigenvalue weighted by Gasteiger charge is 2.29. The maximum atomic E-state index is 12.4. The number of rotatable bonds is 6. The van der Waals surface area contributed by atoms with Gasteiger partial charge in [0, 0.05) is 24.2 Å². The number of fused-ring (bicyclic) bond motifs is 1. The molecule has 0 radical (unpaired) electrons. The van der Waals surface area contributed by atoms with Crippen LogP contribution in [0.15, 0.2) is 30.1 Å². The fraction of sp³-hybridized carbons (Fsp3) is 0.357. The minimum atomic E-state index is -4.30. The van der Waals surface area contributed by atoms with E-state index >= 15 is 0 Å². The predicted molar refractivity (Wildman–Crippen MR) is 81.8 cm³/mol. The normalized spacial score (nSPS) is 15.6. The van der Waals surface area contributed by atoms with Crippen LogP contribution in [-0.4, -0.2) is 46.6 Å². The summed E-state index contributed by atoms with van der Waals surface area (Å²) in [5.74, 6) is 0.0558. The van der Waals surface area contributed by atoms with Crippen LogP contribution in [0.4, 0.5) is 4.39 Å². The van der Waals surface area contributed by atoms with E-state index in [9.17, 15) is 13.8 Å². The number of carbonyl (C=O) groups excluding carboxylic acids is 1. The molecule has 0 saturated heterocycles. The van der Waals surface area contributed by atoms with Crippen LogP contribution in [0.2, 0.25) is 0 Å². The number of hydrogen-bond acceptors (Lipinski definition) is 4. The third-order valence-corrected chi connectivity index (χ3v) is 4.15. The van der Waals surface area contributed by atoms with Crippen molar-refractivity contribution in [2.24, 2.45) is 5.73 Å². The highest BCUT2D eigenvalue weighted by Crippen LogP contribution is 2.37. The van der Waals surface area contributed by atoms with Crippen molar-refractivity contribution >= 4 is 13.5 Å². The van der Waals surface area contributed by atoms with Gasteiger partial charge >= 0.3 is 7.60 Å². The average Bonchev–Trinajstić information content (AvgIpc) is 2.50. The quantitative estimate of drug-likeness (QED) is 0.664. The molecule has 0 aromatic heterocycles. The minimum absolute atomic E-state index is 0.0179. The third kappa shape index (κ3) is 4.62. The second kappa shape index (κ2) is 7.23. The van der Waals surface area contributed by atoms with Crippen LogP contribution in [0.1, 0.15) is 15.9 Å². The first kappa shape index (κ1) is 17.6. The number of ether oxygens (including phenoxy) is 1. The van der Waals surface area contributed by atoms with E-state index in [2.05, 4.69) is 0 Å². The number of halogens is 1. The van der Waals surface area contributed by atoms with E-state index in [1.807, 2.05) is 0 Å². The first-order valence-electron chi connectivity index (χ1n) is 6.92. The molecule has 0 spiro atoms. The molecule has 1 aliphatic rings. The number of benzene rings is 1. The second-order valence-corrected chi connectivity index (χ2v) is 6.82. The van der Waals surface area contributed by atoms with Crippen molar-refractivity contribution in [2.75, 3.05) is 26.0 Å². The molecule has 0 atom stereocenters. The molecule has 0 bridgehead atoms. The van der Waals surface area contributed by atoms with Crippen LogP contribution >= 0.6 is 7.60 Å². The minimum Gasteiger partial charge on any atom is -0.489 e. The van der Waals surface area contributed by atoms with Gasteiger partial charge in [-0.05, 0) is 30.2 Å². The number of hydrogen-bond donors (Lipinski definition) is 3. The Bertz CT molecular complexity index is 673. The first-order valence-corrected chi connectivity index (χ1v) is 8.71. The summed E-state index contributed by atoms with van der Waals surface area (Å²) in [5.41, 5.74) is 6.77. The predicted octanol–water partition coefficient (Wildman–Crippen LogP) is 1.01. The fourth-order valence-electron chi connectivity index (χ4n) is 2.27. The van der Waals surface area contributed by atoms with Gasteiger partial charge in [-0.15, -0.1) is 0 Å². The highest BCUT2D eigenvalue weighted by molar-refractivity contribution is 7.51. The summed E-state index contributed by atoms with van der Waals surface area (Å²) in [6.07, 6.45) is 0.271. The lowest BCUT2D eigenvalue weighted by Crippen LogP contribution is -2.38. The third-order valence-electron chi connectivity index (χ3n) is 3.44. The summed E-state index contributed by atoms with van der Waals surface area (Å²) in [6.45, 7) is 0.292. The van der Waals surface area contributed by atoms with Crippen LogP contribution in [0, 0.1) is 0 Å². The van der Waals surface area contributed by atoms with Crippen molar-refractivity contribution in [1.29, 1.82) is 0 Å². The topological polar surface area (TPSA) is 113 Å². The van der Waals surface area contributed by atoms with E-state index < -0.39 is 19.8 Å². The lowest BCUT2D eigenvalue weighted by molar-refractivity contribution is 0.0757. The van der Waals surface area contributed by atoms with E-state index in [-0.39, 0.29) is 19.7 Å². The van der Waals surface area contributed by atoms with E-state index in [0.717, 1.165) is 10.5 Å². The molecule has 0 unspecified atom stereocenters. The molecule has 7 nitrogen and oxygen atoms in total. The van der Waals surface area contributed by atoms with Crippen LogP contribution in [0.25, 0.3) is 0 Å². The van der Waals surface area contributed by atoms with Gasteiger partial charge in [-0.25, -0.2) is 4.39 Å². The van der Waals surface area contributed by atoms with Gasteiger partial charge in [-0.3, -0.25) is 9.36 Å². The van der Waals surface area contributed by atoms with Gasteiger partial charge in [-0.2, -0.15) is 0 Å². The van der Waals surface area contributed by atoms with Crippen LogP contribution in [0.3, 0.4) is 0 Å². The van der Waals surface area contributed by atoms with Crippen LogP contribution < -0.4 is 10.5 Å². The van der Waals surface area contributed by atoms with Gasteiger partial charge in [0.2, 0.25) is 0 Å². The number of carbonyl (C=O) groups is 1. The first-order chi connectivity index (χ1) is 10.8. The summed E-state index contributed by atoms with van der Waals surface area (Å²) < 4.78 is 28.9. The number of amides is 1. The van der Waals surface area contributed by atoms with Crippen LogP contribution in [-0.2, 0) is 11.0 Å². The Kier molecular flexibility index (Phi) is 5.54. The van der Waals surface area contributed by atoms with Gasteiger partial charge in [-0.1, -0.05) is 0 Å². The summed E-state index contributed by atoms with van der Waals surface area (Å²) >= 11 is 0. The smallest absolute Gasteiger partial charge is 0.344 e. The number of nitrogens with two attached hydrogens (primary N) is 1. The molecule has 0 aliphatic carbocycles. The molecule has 23 heavy (non-hydrogen) atoms. The Morgan fingerprint density at radius 3 is 2.83 bits per heavy atom. The Morgan fingerprint density at radius 2 is 2.22 bits per heavy atom. The van der Waals surface area contributed by atoms with Crippen molar-refractivity contribution in [1.82, 2.24) is 4.90 Å². The molecule has 1 aliphatic heterocycles. The zero-order valence-corrected chi connectivity index (χ0v) is 13.2. The summed E-state index contributed by atoms with van der Waals surface area (Å²) in [5, 5.41) is 0. The van der Waals surface area contributed by atoms with E-state index in [1.165, 1.54) is 0 Å². The Morgan fingerprint density at radius 1 is 1.48 bits per heavy atom. The van der Waals surface area contributed by atoms with Gasteiger partial charge in [0.25, 0.3) is 5.91 Å². The number of nitrogens with zero attached hydrogens (tertiary/aromatic N) is 1. The van der Waals surface area contributed by atoms with Gasteiger partial charge < -0.3 is 25.2 Å². The summed E-state index contributed by atoms with van der Waals surface area (Å²) in [7, 11) is -4.30. The zero-order valence-electron chi connectivity index (χ0n) is 12.3. The molecule has 4 N–H and O–H groups in total. The Labute approximate surface area is 132 Å². The fourth-order valence-corrected chi connectivity index (χ4v) is 2.99. The summed E-state index contributed by atoms with van der Waals surface area (Å²) in [6, 6.07) is 4.78. The molecule has 2 rings (SSSR count). The van der Waals surface area contributed by atoms with Crippen molar-refractivity contribution < 1.29 is 28.3 Å². The molecular formula is C14H18FN2O5P. The van der Waals surface area contributed by atoms with Crippen molar-refractivity contribution in [2.45, 2.75) is 6.42 Å². The lowest BCUT2D eigenvalue weighted by atomic mass is 9.99. The largest absolute Gasteiger partial charge is 0.489 e. The molecule has 0 fully saturated rings. The molecule has 1 aromatic carbocycles. The zero-order chi connectivity index (χ0) is 17.0. The van der Waals surface area contributed by atoms with Gasteiger partial charge in [0.1, 0.15) is 18.6 Å². The molecule has 1 heterocycles. The van der Waals surface area contributed by atoms with E-state index in [4.69, 9.17) is 20.3 Å². The summed E-state index contributed by atoms with van der Waals surface area (Å²) in [4.78, 5) is 31.4. The van der Waals surface area contributed by atoms with Crippen molar-refractivity contribution in [3.63, 3.8) is 0 Å². The molecule has 1 aromatic rings. The Balaban J connectivity index is 2.11. The van der Waals surface area contributed by atoms with E-state index in [1.54, 1.807) is 18.2 Å². The maximum absolute atomic E-state index is 12.4. The SMILES string of the molecule is NC/C(=C\F)COc1ccc2c(c1)CCN(CP(=O)(O)O)C2=O. The Hall–Kier alpha value is -1.73. The van der Waals surface area contributed by atoms with Crippen molar-refractivity contribution in [3.8, 4) is 5.75 Å². The van der Waals surface area contributed by atoms with Gasteiger partial charge in [0.15, 0.2) is 0 Å². The highest BCUT2D eigenvalue weighted by atomic mass is 31.2. The second-order valence-electron chi connectivity index (χ2n) is 5.20. The monoisotopic (exact) mass is 344 g/mol. The average molecular weight is 344 g/mol. The molecule has 0 saturated carbocycles. The van der Waals surface area contributed by atoms with Crippen molar-refractivity contribution in [3.05, 3.63) is 41.2 Å². The van der Waals surface area contributed by atoms with E-state index in [0.29, 0.717) is 29.6 Å². The molecule has 126 valence electrons. The van der Waals surface area contributed by atoms with Gasteiger partial charge in [0.05, 0.1) is 6.33 Å². The van der Waals surface area contributed by atoms with Crippen LogP contribution in [0.5, 0.6) is 5.75 Å². The lowest BCUT2D eigenvalue weighted by Gasteiger charge is -2.28. The molecule has 9 heteroatoms. The molecule has 1 amide bonds. The maximum Gasteiger partial charge on any atom is 0.344 e. The standard InChI is InChI=1S/C14H18FN2O5P/c15-6-10(7-16)8-22-12-1-2-13-11(5-12)3-4-17(14(13)18)9-23(19,20)21/h1-2,5-6H,3-4,7-9,16H2,(H2,19,20,21)/b10-6+.